The number of fused-ring (bicyclic) bond motifs is 2. The summed E-state index contributed by atoms with van der Waals surface area (Å²) in [5.41, 5.74) is 0. The molecule has 0 aromatic carbocycles. The number of hydrogen-bond donors (Lipinski definition) is 3. The number of nitrogens with zero attached hydrogens (tertiary/aromatic N) is 4. The summed E-state index contributed by atoms with van der Waals surface area (Å²) >= 11 is 0. The van der Waals surface area contributed by atoms with Gasteiger partial charge in [-0.1, -0.05) is 0 Å². The Morgan fingerprint density at radius 3 is 2.70 bits per heavy atom. The highest BCUT2D eigenvalue weighted by molar-refractivity contribution is 6.01. The number of amidine groups is 1. The van der Waals surface area contributed by atoms with Crippen LogP contribution < -0.4 is 5.32 Å². The van der Waals surface area contributed by atoms with Gasteiger partial charge in [0.05, 0.1) is 18.6 Å². The summed E-state index contributed by atoms with van der Waals surface area (Å²) in [4.78, 5) is 29.8. The fourth-order valence-corrected chi connectivity index (χ4v) is 3.43. The maximum absolute atomic E-state index is 12.1. The van der Waals surface area contributed by atoms with Gasteiger partial charge in [0.1, 0.15) is 5.84 Å². The Hall–Kier alpha value is -1.71. The van der Waals surface area contributed by atoms with Crippen LogP contribution in [-0.4, -0.2) is 101 Å². The molecule has 23 heavy (non-hydrogen) atoms. The minimum absolute atomic E-state index is 0.0474. The highest BCUT2D eigenvalue weighted by Gasteiger charge is 2.45. The molecule has 0 aromatic rings. The maximum atomic E-state index is 12.1. The summed E-state index contributed by atoms with van der Waals surface area (Å²) in [6.07, 6.45) is 1.22. The zero-order valence-electron chi connectivity index (χ0n) is 13.4. The average Bonchev–Trinajstić information content (AvgIpc) is 2.74. The highest BCUT2D eigenvalue weighted by Crippen LogP contribution is 2.28. The maximum Gasteiger partial charge on any atom is 0.344 e. The number of carbonyl (C=O) groups is 2. The van der Waals surface area contributed by atoms with Gasteiger partial charge in [0.15, 0.2) is 0 Å². The van der Waals surface area contributed by atoms with E-state index in [0.29, 0.717) is 19.4 Å². The normalized spacial score (nSPS) is 29.0. The third-order valence-electron chi connectivity index (χ3n) is 4.91. The lowest BCUT2D eigenvalue weighted by atomic mass is 10.00. The molecule has 0 spiro atoms. The van der Waals surface area contributed by atoms with Crippen molar-refractivity contribution in [3.63, 3.8) is 0 Å². The lowest BCUT2D eigenvalue weighted by Crippen LogP contribution is -2.53. The molecule has 0 saturated carbocycles. The number of hydrogen-bond acceptors (Lipinski definition) is 6. The van der Waals surface area contributed by atoms with E-state index in [9.17, 15) is 14.8 Å². The van der Waals surface area contributed by atoms with Gasteiger partial charge in [-0.25, -0.2) is 9.86 Å². The van der Waals surface area contributed by atoms with E-state index in [-0.39, 0.29) is 24.3 Å². The molecule has 3 rings (SSSR count). The van der Waals surface area contributed by atoms with Gasteiger partial charge in [0.25, 0.3) is 0 Å². The molecule has 0 radical (unpaired) electrons. The van der Waals surface area contributed by atoms with Gasteiger partial charge in [-0.15, -0.1) is 0 Å². The summed E-state index contributed by atoms with van der Waals surface area (Å²) < 4.78 is 0. The van der Waals surface area contributed by atoms with Gasteiger partial charge in [-0.2, -0.15) is 0 Å². The van der Waals surface area contributed by atoms with Crippen molar-refractivity contribution in [2.24, 2.45) is 0 Å². The molecule has 3 aliphatic rings. The Morgan fingerprint density at radius 1 is 1.30 bits per heavy atom. The number of rotatable bonds is 3. The van der Waals surface area contributed by atoms with Crippen LogP contribution in [0.2, 0.25) is 0 Å². The van der Waals surface area contributed by atoms with E-state index in [4.69, 9.17) is 5.41 Å². The van der Waals surface area contributed by atoms with E-state index in [1.807, 2.05) is 0 Å². The van der Waals surface area contributed by atoms with Crippen LogP contribution in [-0.2, 0) is 4.79 Å². The molecule has 0 aromatic heterocycles. The van der Waals surface area contributed by atoms with Crippen LogP contribution in [0.5, 0.6) is 0 Å². The second-order valence-electron chi connectivity index (χ2n) is 6.57. The number of piperidine rings is 1. The van der Waals surface area contributed by atoms with Crippen molar-refractivity contribution < 1.29 is 14.8 Å². The fourth-order valence-electron chi connectivity index (χ4n) is 3.43. The first-order valence-electron chi connectivity index (χ1n) is 8.03. The molecule has 9 nitrogen and oxygen atoms in total. The lowest BCUT2D eigenvalue weighted by Gasteiger charge is -2.33. The van der Waals surface area contributed by atoms with Crippen molar-refractivity contribution in [2.45, 2.75) is 24.9 Å². The smallest absolute Gasteiger partial charge is 0.312 e. The van der Waals surface area contributed by atoms with Crippen molar-refractivity contribution in [3.05, 3.63) is 0 Å². The minimum Gasteiger partial charge on any atom is -0.312 e. The average molecular weight is 324 g/mol. The van der Waals surface area contributed by atoms with Crippen molar-refractivity contribution in [1.29, 1.82) is 5.41 Å². The molecule has 0 unspecified atom stereocenters. The van der Waals surface area contributed by atoms with Crippen molar-refractivity contribution in [1.82, 2.24) is 25.1 Å². The van der Waals surface area contributed by atoms with Crippen LogP contribution in [0.25, 0.3) is 0 Å². The molecular formula is C14H24N6O3. The van der Waals surface area contributed by atoms with Gasteiger partial charge in [-0.3, -0.25) is 20.3 Å². The first kappa shape index (κ1) is 16.2. The molecule has 3 N–H and O–H groups in total. The van der Waals surface area contributed by atoms with Gasteiger partial charge >= 0.3 is 6.03 Å². The Balaban J connectivity index is 1.51. The predicted octanol–water partition coefficient (Wildman–Crippen LogP) is -1.01. The molecule has 3 amide bonds. The summed E-state index contributed by atoms with van der Waals surface area (Å²) in [5.74, 6) is -0.166. The fraction of sp³-hybridized carbons (Fsp3) is 0.786. The van der Waals surface area contributed by atoms with Crippen LogP contribution in [0.4, 0.5) is 4.79 Å². The number of carbonyl (C=O) groups excluding carboxylic acids is 2. The molecule has 3 saturated heterocycles. The monoisotopic (exact) mass is 324 g/mol. The summed E-state index contributed by atoms with van der Waals surface area (Å²) in [7, 11) is 2.06. The third kappa shape index (κ3) is 3.31. The van der Waals surface area contributed by atoms with Crippen LogP contribution in [0, 0.1) is 5.41 Å². The Kier molecular flexibility index (Phi) is 4.51. The van der Waals surface area contributed by atoms with E-state index in [0.717, 1.165) is 31.2 Å². The van der Waals surface area contributed by atoms with Gasteiger partial charge < -0.3 is 15.1 Å². The number of nitrogens with one attached hydrogen (secondary N) is 2. The minimum atomic E-state index is -0.476. The van der Waals surface area contributed by atoms with Crippen molar-refractivity contribution in [2.75, 3.05) is 46.3 Å². The number of hydroxylamine groups is 2. The quantitative estimate of drug-likeness (QED) is 0.350. The van der Waals surface area contributed by atoms with E-state index in [2.05, 4.69) is 22.2 Å². The second kappa shape index (κ2) is 6.42. The van der Waals surface area contributed by atoms with Crippen LogP contribution in [0.3, 0.4) is 0 Å². The van der Waals surface area contributed by atoms with E-state index in [1.54, 1.807) is 0 Å². The number of urea groups is 1. The highest BCUT2D eigenvalue weighted by atomic mass is 16.5. The molecule has 128 valence electrons. The Bertz CT molecular complexity index is 505. The molecule has 2 atom stereocenters. The largest absolute Gasteiger partial charge is 0.344 e. The molecule has 9 heteroatoms. The molecule has 3 heterocycles. The third-order valence-corrected chi connectivity index (χ3v) is 4.91. The van der Waals surface area contributed by atoms with Crippen LogP contribution in [0.15, 0.2) is 0 Å². The Morgan fingerprint density at radius 2 is 2.00 bits per heavy atom. The van der Waals surface area contributed by atoms with E-state index >= 15 is 0 Å². The van der Waals surface area contributed by atoms with Crippen LogP contribution >= 0.6 is 0 Å². The standard InChI is InChI=1S/C14H24N6O3/c1-17-4-6-18(7-5-17)9-12(21)16-13(15)11-3-2-10-8-19(11)14(22)20(10)23/h10-11,23H,2-9H2,1H3,(H2,15,16,21)/t10-,11+/m1/s1. The predicted molar refractivity (Wildman–Crippen MR) is 82.3 cm³/mol. The summed E-state index contributed by atoms with van der Waals surface area (Å²) in [6.45, 7) is 4.23. The number of piperazine rings is 1. The van der Waals surface area contributed by atoms with E-state index in [1.165, 1.54) is 4.90 Å². The summed E-state index contributed by atoms with van der Waals surface area (Å²) in [5, 5.41) is 21.1. The van der Waals surface area contributed by atoms with Gasteiger partial charge in [0, 0.05) is 32.7 Å². The SMILES string of the molecule is CN1CCN(CC(=O)NC(=N)[C@@H]2CC[C@@H]3CN2C(=O)N3O)CC1. The van der Waals surface area contributed by atoms with Gasteiger partial charge in [-0.05, 0) is 19.9 Å². The molecule has 0 aliphatic carbocycles. The van der Waals surface area contributed by atoms with Crippen molar-refractivity contribution >= 4 is 17.8 Å². The first-order valence-corrected chi connectivity index (χ1v) is 8.03. The second-order valence-corrected chi connectivity index (χ2v) is 6.57. The molecule has 3 aliphatic heterocycles. The van der Waals surface area contributed by atoms with Crippen LogP contribution in [0.1, 0.15) is 12.8 Å². The van der Waals surface area contributed by atoms with E-state index < -0.39 is 12.1 Å². The summed E-state index contributed by atoms with van der Waals surface area (Å²) in [6, 6.07) is -1.12. The zero-order chi connectivity index (χ0) is 16.6. The molecule has 2 bridgehead atoms. The Labute approximate surface area is 135 Å². The lowest BCUT2D eigenvalue weighted by molar-refractivity contribution is -0.121. The number of likely N-dealkylation sites (N-methyl/N-ethyl adjacent to an activating group) is 1. The first-order chi connectivity index (χ1) is 11.0. The van der Waals surface area contributed by atoms with Crippen molar-refractivity contribution in [3.8, 4) is 0 Å². The molecular weight excluding hydrogens is 300 g/mol. The number of amides is 3. The zero-order valence-corrected chi connectivity index (χ0v) is 13.4. The van der Waals surface area contributed by atoms with Gasteiger partial charge in [0.2, 0.25) is 5.91 Å². The molecule has 3 fully saturated rings. The topological polar surface area (TPSA) is 103 Å².